The molecular formula is C13H14FNO2. The zero-order chi connectivity index (χ0) is 12.8. The molecule has 0 spiro atoms. The Labute approximate surface area is 99.8 Å². The zero-order valence-corrected chi connectivity index (χ0v) is 9.57. The second-order valence-corrected chi connectivity index (χ2v) is 3.63. The van der Waals surface area contributed by atoms with Crippen molar-refractivity contribution in [1.82, 2.24) is 0 Å². The van der Waals surface area contributed by atoms with Gasteiger partial charge in [0.1, 0.15) is 0 Å². The van der Waals surface area contributed by atoms with Gasteiger partial charge in [-0.25, -0.2) is 4.39 Å². The molecule has 0 aliphatic carbocycles. The van der Waals surface area contributed by atoms with Gasteiger partial charge < -0.3 is 10.5 Å². The van der Waals surface area contributed by atoms with Crippen LogP contribution < -0.4 is 10.5 Å². The van der Waals surface area contributed by atoms with Crippen LogP contribution in [0, 0.1) is 18.2 Å². The monoisotopic (exact) mass is 235 g/mol. The third-order valence-electron chi connectivity index (χ3n) is 2.35. The molecule has 0 radical (unpaired) electrons. The van der Waals surface area contributed by atoms with E-state index < -0.39 is 11.9 Å². The van der Waals surface area contributed by atoms with E-state index in [4.69, 9.17) is 16.9 Å². The van der Waals surface area contributed by atoms with Crippen molar-refractivity contribution in [3.63, 3.8) is 0 Å². The Morgan fingerprint density at radius 1 is 1.65 bits per heavy atom. The molecular weight excluding hydrogens is 221 g/mol. The van der Waals surface area contributed by atoms with Crippen molar-refractivity contribution in [2.75, 3.05) is 7.11 Å². The number of carbonyl (C=O) groups excluding carboxylic acids is 1. The molecule has 3 nitrogen and oxygen atoms in total. The van der Waals surface area contributed by atoms with E-state index in [0.29, 0.717) is 5.56 Å². The Bertz CT molecular complexity index is 451. The van der Waals surface area contributed by atoms with E-state index in [1.165, 1.54) is 19.2 Å². The summed E-state index contributed by atoms with van der Waals surface area (Å²) < 4.78 is 18.1. The Morgan fingerprint density at radius 3 is 2.88 bits per heavy atom. The van der Waals surface area contributed by atoms with Gasteiger partial charge in [0, 0.05) is 12.8 Å². The van der Waals surface area contributed by atoms with Crippen LogP contribution in [0.25, 0.3) is 0 Å². The predicted octanol–water partition coefficient (Wildman–Crippen LogP) is 1.30. The lowest BCUT2D eigenvalue weighted by molar-refractivity contribution is -0.119. The van der Waals surface area contributed by atoms with E-state index in [-0.39, 0.29) is 24.4 Å². The minimum Gasteiger partial charge on any atom is -0.494 e. The molecule has 0 aliphatic rings. The van der Waals surface area contributed by atoms with E-state index >= 15 is 0 Å². The van der Waals surface area contributed by atoms with Gasteiger partial charge in [0.2, 0.25) is 0 Å². The number of carbonyl (C=O) groups is 1. The molecule has 4 heteroatoms. The first-order chi connectivity index (χ1) is 8.08. The Morgan fingerprint density at radius 2 is 2.35 bits per heavy atom. The van der Waals surface area contributed by atoms with Gasteiger partial charge in [0.15, 0.2) is 17.3 Å². The smallest absolute Gasteiger partial charge is 0.165 e. The molecule has 17 heavy (non-hydrogen) atoms. The van der Waals surface area contributed by atoms with Crippen molar-refractivity contribution < 1.29 is 13.9 Å². The number of rotatable bonds is 5. The standard InChI is InChI=1S/C13H14FNO2/c1-3-4-11(15)12(16)8-9-5-6-13(17-2)10(14)7-9/h1,5-7,11H,4,8,15H2,2H3. The second-order valence-electron chi connectivity index (χ2n) is 3.63. The summed E-state index contributed by atoms with van der Waals surface area (Å²) in [6.07, 6.45) is 5.33. The van der Waals surface area contributed by atoms with Gasteiger partial charge in [0.05, 0.1) is 13.2 Å². The van der Waals surface area contributed by atoms with Crippen LogP contribution in [0.1, 0.15) is 12.0 Å². The van der Waals surface area contributed by atoms with Crippen molar-refractivity contribution in [1.29, 1.82) is 0 Å². The highest BCUT2D eigenvalue weighted by Crippen LogP contribution is 2.18. The molecule has 0 aromatic heterocycles. The minimum absolute atomic E-state index is 0.0732. The van der Waals surface area contributed by atoms with Gasteiger partial charge in [-0.3, -0.25) is 4.79 Å². The third kappa shape index (κ3) is 3.58. The highest BCUT2D eigenvalue weighted by molar-refractivity contribution is 5.86. The Kier molecular flexibility index (Phi) is 4.68. The highest BCUT2D eigenvalue weighted by atomic mass is 19.1. The second kappa shape index (κ2) is 6.02. The summed E-state index contributed by atoms with van der Waals surface area (Å²) in [6.45, 7) is 0. The SMILES string of the molecule is C#CCC(N)C(=O)Cc1ccc(OC)c(F)c1. The van der Waals surface area contributed by atoms with Gasteiger partial charge in [0.25, 0.3) is 0 Å². The van der Waals surface area contributed by atoms with Gasteiger partial charge in [-0.1, -0.05) is 6.07 Å². The number of terminal acetylenes is 1. The Hall–Kier alpha value is -1.86. The number of Topliss-reactive ketones (excluding diaryl/α,β-unsaturated/α-hetero) is 1. The van der Waals surface area contributed by atoms with E-state index in [1.54, 1.807) is 6.07 Å². The number of ether oxygens (including phenoxy) is 1. The average Bonchev–Trinajstić information content (AvgIpc) is 2.29. The van der Waals surface area contributed by atoms with Gasteiger partial charge in [-0.2, -0.15) is 0 Å². The predicted molar refractivity (Wildman–Crippen MR) is 63.1 cm³/mol. The van der Waals surface area contributed by atoms with Crippen molar-refractivity contribution in [3.8, 4) is 18.1 Å². The number of benzene rings is 1. The van der Waals surface area contributed by atoms with Crippen LogP contribution in [0.4, 0.5) is 4.39 Å². The van der Waals surface area contributed by atoms with Crippen molar-refractivity contribution in [3.05, 3.63) is 29.6 Å². The van der Waals surface area contributed by atoms with Crippen LogP contribution in [-0.2, 0) is 11.2 Å². The summed E-state index contributed by atoms with van der Waals surface area (Å²) >= 11 is 0. The summed E-state index contributed by atoms with van der Waals surface area (Å²) in [7, 11) is 1.38. The van der Waals surface area contributed by atoms with E-state index in [0.717, 1.165) is 0 Å². The molecule has 0 fully saturated rings. The molecule has 0 bridgehead atoms. The first kappa shape index (κ1) is 13.2. The quantitative estimate of drug-likeness (QED) is 0.782. The fourth-order valence-corrected chi connectivity index (χ4v) is 1.39. The molecule has 0 saturated carbocycles. The maximum atomic E-state index is 13.4. The summed E-state index contributed by atoms with van der Waals surface area (Å²) in [5.74, 6) is 1.77. The molecule has 0 aliphatic heterocycles. The normalized spacial score (nSPS) is 11.6. The van der Waals surface area contributed by atoms with Crippen LogP contribution >= 0.6 is 0 Å². The first-order valence-electron chi connectivity index (χ1n) is 5.12. The zero-order valence-electron chi connectivity index (χ0n) is 9.57. The summed E-state index contributed by atoms with van der Waals surface area (Å²) in [5, 5.41) is 0. The van der Waals surface area contributed by atoms with Crippen LogP contribution in [0.5, 0.6) is 5.75 Å². The molecule has 2 N–H and O–H groups in total. The topological polar surface area (TPSA) is 52.3 Å². The van der Waals surface area contributed by atoms with Crippen LogP contribution in [0.15, 0.2) is 18.2 Å². The third-order valence-corrected chi connectivity index (χ3v) is 2.35. The maximum absolute atomic E-state index is 13.4. The van der Waals surface area contributed by atoms with Crippen LogP contribution in [0.3, 0.4) is 0 Å². The first-order valence-corrected chi connectivity index (χ1v) is 5.12. The van der Waals surface area contributed by atoms with Crippen molar-refractivity contribution in [2.45, 2.75) is 18.9 Å². The van der Waals surface area contributed by atoms with Crippen LogP contribution in [0.2, 0.25) is 0 Å². The van der Waals surface area contributed by atoms with Crippen molar-refractivity contribution in [2.24, 2.45) is 5.73 Å². The minimum atomic E-state index is -0.690. The fraction of sp³-hybridized carbons (Fsp3) is 0.308. The number of hydrogen-bond acceptors (Lipinski definition) is 3. The van der Waals surface area contributed by atoms with Gasteiger partial charge in [-0.15, -0.1) is 12.3 Å². The lowest BCUT2D eigenvalue weighted by Gasteiger charge is -2.08. The Balaban J connectivity index is 2.73. The molecule has 1 aromatic carbocycles. The lowest BCUT2D eigenvalue weighted by Crippen LogP contribution is -2.31. The summed E-state index contributed by atoms with van der Waals surface area (Å²) in [4.78, 5) is 11.6. The average molecular weight is 235 g/mol. The number of nitrogens with two attached hydrogens (primary N) is 1. The molecule has 1 unspecified atom stereocenters. The van der Waals surface area contributed by atoms with E-state index in [2.05, 4.69) is 5.92 Å². The fourth-order valence-electron chi connectivity index (χ4n) is 1.39. The number of methoxy groups -OCH3 is 1. The summed E-state index contributed by atoms with van der Waals surface area (Å²) in [6, 6.07) is 3.68. The molecule has 0 saturated heterocycles. The number of ketones is 1. The molecule has 1 atom stereocenters. The van der Waals surface area contributed by atoms with Crippen LogP contribution in [-0.4, -0.2) is 18.9 Å². The highest BCUT2D eigenvalue weighted by Gasteiger charge is 2.13. The molecule has 1 rings (SSSR count). The molecule has 0 amide bonds. The number of halogens is 1. The van der Waals surface area contributed by atoms with E-state index in [9.17, 15) is 9.18 Å². The number of hydrogen-bond donors (Lipinski definition) is 1. The molecule has 0 heterocycles. The van der Waals surface area contributed by atoms with Crippen molar-refractivity contribution >= 4 is 5.78 Å². The summed E-state index contributed by atoms with van der Waals surface area (Å²) in [5.41, 5.74) is 6.12. The molecule has 90 valence electrons. The van der Waals surface area contributed by atoms with Gasteiger partial charge >= 0.3 is 0 Å². The molecule has 1 aromatic rings. The largest absolute Gasteiger partial charge is 0.494 e. The van der Waals surface area contributed by atoms with E-state index in [1.807, 2.05) is 0 Å². The maximum Gasteiger partial charge on any atom is 0.165 e. The lowest BCUT2D eigenvalue weighted by atomic mass is 10.0. The van der Waals surface area contributed by atoms with Gasteiger partial charge in [-0.05, 0) is 17.7 Å².